The normalized spacial score (nSPS) is 9.65. The van der Waals surface area contributed by atoms with Crippen molar-refractivity contribution in [1.29, 1.82) is 5.26 Å². The Morgan fingerprint density at radius 1 is 1.12 bits per heavy atom. The molecule has 2 aromatic rings. The number of nitrogen functional groups attached to an aromatic ring is 1. The van der Waals surface area contributed by atoms with Gasteiger partial charge in [0.25, 0.3) is 0 Å². The lowest BCUT2D eigenvalue weighted by atomic mass is 10.0. The Bertz CT molecular complexity index is 571. The van der Waals surface area contributed by atoms with Crippen molar-refractivity contribution in [3.8, 4) is 22.9 Å². The lowest BCUT2D eigenvalue weighted by Crippen LogP contribution is -1.96. The SMILES string of the molecule is COc1cc(-c2ccccc2)cc(N)c1C#N. The highest BCUT2D eigenvalue weighted by Gasteiger charge is 2.09. The first-order chi connectivity index (χ1) is 8.26. The summed E-state index contributed by atoms with van der Waals surface area (Å²) in [7, 11) is 1.53. The molecule has 0 heterocycles. The van der Waals surface area contributed by atoms with Crippen LogP contribution in [0.4, 0.5) is 5.69 Å². The van der Waals surface area contributed by atoms with E-state index in [1.165, 1.54) is 7.11 Å². The molecule has 0 aliphatic rings. The third-order valence-electron chi connectivity index (χ3n) is 2.57. The van der Waals surface area contributed by atoms with Crippen molar-refractivity contribution in [2.75, 3.05) is 12.8 Å². The fourth-order valence-corrected chi connectivity index (χ4v) is 1.71. The number of benzene rings is 2. The Labute approximate surface area is 100 Å². The smallest absolute Gasteiger partial charge is 0.139 e. The molecule has 2 N–H and O–H groups in total. The number of ether oxygens (including phenoxy) is 1. The van der Waals surface area contributed by atoms with Crippen LogP contribution in [0, 0.1) is 11.3 Å². The van der Waals surface area contributed by atoms with Gasteiger partial charge in [0.1, 0.15) is 17.4 Å². The molecule has 17 heavy (non-hydrogen) atoms. The van der Waals surface area contributed by atoms with Gasteiger partial charge in [-0.1, -0.05) is 30.3 Å². The molecule has 0 aliphatic carbocycles. The van der Waals surface area contributed by atoms with Gasteiger partial charge in [0.15, 0.2) is 0 Å². The number of anilines is 1. The van der Waals surface area contributed by atoms with Gasteiger partial charge in [-0.05, 0) is 23.3 Å². The van der Waals surface area contributed by atoms with E-state index >= 15 is 0 Å². The first-order valence-corrected chi connectivity index (χ1v) is 5.19. The van der Waals surface area contributed by atoms with E-state index in [2.05, 4.69) is 0 Å². The maximum atomic E-state index is 8.98. The summed E-state index contributed by atoms with van der Waals surface area (Å²) < 4.78 is 5.18. The first kappa shape index (κ1) is 11.0. The molecule has 3 heteroatoms. The molecule has 2 rings (SSSR count). The van der Waals surface area contributed by atoms with E-state index < -0.39 is 0 Å². The molecule has 0 bridgehead atoms. The number of nitrogens with zero attached hydrogens (tertiary/aromatic N) is 1. The summed E-state index contributed by atoms with van der Waals surface area (Å²) in [6.45, 7) is 0. The second kappa shape index (κ2) is 4.58. The molecule has 84 valence electrons. The Hall–Kier alpha value is -2.47. The van der Waals surface area contributed by atoms with Crippen molar-refractivity contribution < 1.29 is 4.74 Å². The van der Waals surface area contributed by atoms with Gasteiger partial charge in [-0.3, -0.25) is 0 Å². The number of nitriles is 1. The van der Waals surface area contributed by atoms with Gasteiger partial charge in [0.2, 0.25) is 0 Å². The summed E-state index contributed by atoms with van der Waals surface area (Å²) >= 11 is 0. The van der Waals surface area contributed by atoms with Crippen molar-refractivity contribution in [2.24, 2.45) is 0 Å². The van der Waals surface area contributed by atoms with Crippen LogP contribution < -0.4 is 10.5 Å². The highest BCUT2D eigenvalue weighted by atomic mass is 16.5. The minimum atomic E-state index is 0.382. The number of hydrogen-bond donors (Lipinski definition) is 1. The summed E-state index contributed by atoms with van der Waals surface area (Å²) in [5.74, 6) is 0.506. The number of nitrogens with two attached hydrogens (primary N) is 1. The highest BCUT2D eigenvalue weighted by Crippen LogP contribution is 2.31. The third-order valence-corrected chi connectivity index (χ3v) is 2.57. The Kier molecular flexibility index (Phi) is 2.97. The zero-order valence-electron chi connectivity index (χ0n) is 9.47. The second-order valence-corrected chi connectivity index (χ2v) is 3.62. The molecule has 0 amide bonds. The zero-order chi connectivity index (χ0) is 12.3. The number of hydrogen-bond acceptors (Lipinski definition) is 3. The molecular weight excluding hydrogens is 212 g/mol. The molecular formula is C14H12N2O. The Morgan fingerprint density at radius 3 is 2.41 bits per heavy atom. The van der Waals surface area contributed by atoms with E-state index in [1.54, 1.807) is 6.07 Å². The molecule has 3 nitrogen and oxygen atoms in total. The van der Waals surface area contributed by atoms with Gasteiger partial charge in [-0.15, -0.1) is 0 Å². The van der Waals surface area contributed by atoms with Crippen LogP contribution in [0.2, 0.25) is 0 Å². The lowest BCUT2D eigenvalue weighted by molar-refractivity contribution is 0.414. The van der Waals surface area contributed by atoms with Gasteiger partial charge >= 0.3 is 0 Å². The molecule has 2 aromatic carbocycles. The second-order valence-electron chi connectivity index (χ2n) is 3.62. The molecule has 0 aliphatic heterocycles. The molecule has 0 atom stereocenters. The standard InChI is InChI=1S/C14H12N2O/c1-17-14-8-11(7-13(16)12(14)9-15)10-5-3-2-4-6-10/h2-8H,16H2,1H3. The predicted octanol–water partition coefficient (Wildman–Crippen LogP) is 2.82. The number of methoxy groups -OCH3 is 1. The molecule has 0 radical (unpaired) electrons. The van der Waals surface area contributed by atoms with E-state index in [4.69, 9.17) is 15.7 Å². The van der Waals surface area contributed by atoms with Crippen molar-refractivity contribution in [3.63, 3.8) is 0 Å². The summed E-state index contributed by atoms with van der Waals surface area (Å²) in [6, 6.07) is 15.5. The topological polar surface area (TPSA) is 59.0 Å². The third kappa shape index (κ3) is 2.06. The number of rotatable bonds is 2. The zero-order valence-corrected chi connectivity index (χ0v) is 9.47. The fourth-order valence-electron chi connectivity index (χ4n) is 1.71. The Balaban J connectivity index is 2.59. The minimum absolute atomic E-state index is 0.382. The molecule has 0 saturated heterocycles. The minimum Gasteiger partial charge on any atom is -0.495 e. The summed E-state index contributed by atoms with van der Waals surface area (Å²) in [5, 5.41) is 8.98. The van der Waals surface area contributed by atoms with Crippen LogP contribution in [-0.2, 0) is 0 Å². The van der Waals surface area contributed by atoms with Crippen LogP contribution in [0.25, 0.3) is 11.1 Å². The van der Waals surface area contributed by atoms with Crippen LogP contribution in [0.15, 0.2) is 42.5 Å². The van der Waals surface area contributed by atoms with Crippen LogP contribution >= 0.6 is 0 Å². The average molecular weight is 224 g/mol. The van der Waals surface area contributed by atoms with Crippen molar-refractivity contribution in [1.82, 2.24) is 0 Å². The molecule has 0 fully saturated rings. The Morgan fingerprint density at radius 2 is 1.82 bits per heavy atom. The van der Waals surface area contributed by atoms with Crippen LogP contribution in [0.5, 0.6) is 5.75 Å². The molecule has 0 aromatic heterocycles. The highest BCUT2D eigenvalue weighted by molar-refractivity contribution is 5.74. The lowest BCUT2D eigenvalue weighted by Gasteiger charge is -2.09. The van der Waals surface area contributed by atoms with Gasteiger partial charge in [0.05, 0.1) is 12.8 Å². The summed E-state index contributed by atoms with van der Waals surface area (Å²) in [4.78, 5) is 0. The predicted molar refractivity (Wildman–Crippen MR) is 67.6 cm³/mol. The van der Waals surface area contributed by atoms with Crippen LogP contribution in [-0.4, -0.2) is 7.11 Å². The average Bonchev–Trinajstić information content (AvgIpc) is 2.38. The van der Waals surface area contributed by atoms with Crippen molar-refractivity contribution in [2.45, 2.75) is 0 Å². The summed E-state index contributed by atoms with van der Waals surface area (Å²) in [6.07, 6.45) is 0. The monoisotopic (exact) mass is 224 g/mol. The molecule has 0 spiro atoms. The fraction of sp³-hybridized carbons (Fsp3) is 0.0714. The van der Waals surface area contributed by atoms with E-state index in [1.807, 2.05) is 42.5 Å². The quantitative estimate of drug-likeness (QED) is 0.798. The maximum Gasteiger partial charge on any atom is 0.139 e. The summed E-state index contributed by atoms with van der Waals surface area (Å²) in [5.41, 5.74) is 8.65. The van der Waals surface area contributed by atoms with E-state index in [0.29, 0.717) is 17.0 Å². The molecule has 0 unspecified atom stereocenters. The van der Waals surface area contributed by atoms with Gasteiger partial charge in [-0.25, -0.2) is 0 Å². The van der Waals surface area contributed by atoms with E-state index in [-0.39, 0.29) is 0 Å². The van der Waals surface area contributed by atoms with Crippen molar-refractivity contribution >= 4 is 5.69 Å². The van der Waals surface area contributed by atoms with E-state index in [0.717, 1.165) is 11.1 Å². The molecule has 0 saturated carbocycles. The van der Waals surface area contributed by atoms with Gasteiger partial charge in [-0.2, -0.15) is 5.26 Å². The van der Waals surface area contributed by atoms with Crippen LogP contribution in [0.1, 0.15) is 5.56 Å². The van der Waals surface area contributed by atoms with Crippen LogP contribution in [0.3, 0.4) is 0 Å². The van der Waals surface area contributed by atoms with E-state index in [9.17, 15) is 0 Å². The maximum absolute atomic E-state index is 8.98. The first-order valence-electron chi connectivity index (χ1n) is 5.19. The largest absolute Gasteiger partial charge is 0.495 e. The van der Waals surface area contributed by atoms with Gasteiger partial charge < -0.3 is 10.5 Å². The van der Waals surface area contributed by atoms with Crippen molar-refractivity contribution in [3.05, 3.63) is 48.0 Å². The van der Waals surface area contributed by atoms with Gasteiger partial charge in [0, 0.05) is 0 Å².